The number of hydrogen-bond acceptors (Lipinski definition) is 3. The fourth-order valence-electron chi connectivity index (χ4n) is 3.62. The lowest BCUT2D eigenvalue weighted by atomic mass is 10.0. The Balaban J connectivity index is 1.80. The molecule has 1 heterocycles. The van der Waals surface area contributed by atoms with E-state index in [0.717, 1.165) is 16.5 Å². The Labute approximate surface area is 172 Å². The second kappa shape index (κ2) is 7.94. The molecule has 4 aromatic rings. The van der Waals surface area contributed by atoms with Gasteiger partial charge in [0.25, 0.3) is 5.91 Å². The van der Waals surface area contributed by atoms with Crippen LogP contribution in [0, 0.1) is 11.3 Å². The molecule has 0 radical (unpaired) electrons. The summed E-state index contributed by atoms with van der Waals surface area (Å²) >= 11 is 0. The molecule has 146 valence electrons. The van der Waals surface area contributed by atoms with Crippen molar-refractivity contribution in [1.29, 1.82) is 5.26 Å². The van der Waals surface area contributed by atoms with Crippen LogP contribution in [-0.4, -0.2) is 16.5 Å². The van der Waals surface area contributed by atoms with Crippen LogP contribution in [0.3, 0.4) is 0 Å². The molecule has 0 fully saturated rings. The summed E-state index contributed by atoms with van der Waals surface area (Å²) in [6.45, 7) is 0.630. The maximum absolute atomic E-state index is 12.1. The Hall–Kier alpha value is -4.37. The van der Waals surface area contributed by atoms with Gasteiger partial charge in [0.05, 0.1) is 0 Å². The number of rotatable bonds is 4. The van der Waals surface area contributed by atoms with E-state index in [0.29, 0.717) is 12.1 Å². The molecule has 0 bridgehead atoms. The van der Waals surface area contributed by atoms with Crippen LogP contribution in [0.4, 0.5) is 4.79 Å². The topological polar surface area (TPSA) is 101 Å². The molecule has 0 aliphatic carbocycles. The lowest BCUT2D eigenvalue weighted by Crippen LogP contribution is -2.35. The summed E-state index contributed by atoms with van der Waals surface area (Å²) in [7, 11) is 0. The smallest absolute Gasteiger partial charge is 0.319 e. The van der Waals surface area contributed by atoms with E-state index >= 15 is 0 Å². The van der Waals surface area contributed by atoms with Crippen molar-refractivity contribution in [2.24, 2.45) is 5.73 Å². The molecular weight excluding hydrogens is 376 g/mol. The fraction of sp³-hybridized carbons (Fsp3) is 0.0417. The van der Waals surface area contributed by atoms with E-state index in [1.807, 2.05) is 60.0 Å². The molecule has 0 unspecified atom stereocenters. The van der Waals surface area contributed by atoms with Gasteiger partial charge in [0.15, 0.2) is 0 Å². The van der Waals surface area contributed by atoms with E-state index in [1.165, 1.54) is 16.8 Å². The van der Waals surface area contributed by atoms with Gasteiger partial charge in [-0.2, -0.15) is 5.26 Å². The Bertz CT molecular complexity index is 1350. The minimum atomic E-state index is -1.00. The number of para-hydroxylation sites is 1. The summed E-state index contributed by atoms with van der Waals surface area (Å²) in [5, 5.41) is 14.5. The van der Waals surface area contributed by atoms with Crippen LogP contribution in [0.15, 0.2) is 78.5 Å². The van der Waals surface area contributed by atoms with Gasteiger partial charge in [0, 0.05) is 29.2 Å². The number of urea groups is 1. The second-order valence-corrected chi connectivity index (χ2v) is 6.86. The second-order valence-electron chi connectivity index (χ2n) is 6.86. The van der Waals surface area contributed by atoms with E-state index < -0.39 is 11.9 Å². The molecule has 0 spiro atoms. The molecule has 6 nitrogen and oxygen atoms in total. The summed E-state index contributed by atoms with van der Waals surface area (Å²) in [6, 6.07) is 23.0. The highest BCUT2D eigenvalue weighted by Gasteiger charge is 2.14. The van der Waals surface area contributed by atoms with Gasteiger partial charge in [0.2, 0.25) is 0 Å². The number of benzene rings is 3. The van der Waals surface area contributed by atoms with Gasteiger partial charge >= 0.3 is 6.03 Å². The molecule has 30 heavy (non-hydrogen) atoms. The van der Waals surface area contributed by atoms with Gasteiger partial charge in [-0.05, 0) is 28.5 Å². The van der Waals surface area contributed by atoms with Crippen LogP contribution in [0.25, 0.3) is 27.8 Å². The molecule has 0 saturated carbocycles. The first-order valence-corrected chi connectivity index (χ1v) is 9.34. The predicted molar refractivity (Wildman–Crippen MR) is 116 cm³/mol. The molecular formula is C24H18N4O2. The fourth-order valence-corrected chi connectivity index (χ4v) is 3.62. The highest BCUT2D eigenvalue weighted by atomic mass is 16.2. The van der Waals surface area contributed by atoms with Crippen molar-refractivity contribution in [1.82, 2.24) is 9.88 Å². The van der Waals surface area contributed by atoms with E-state index in [9.17, 15) is 14.9 Å². The molecule has 4 rings (SSSR count). The Morgan fingerprint density at radius 2 is 1.70 bits per heavy atom. The van der Waals surface area contributed by atoms with Gasteiger partial charge in [-0.25, -0.2) is 4.79 Å². The number of hydrogen-bond donors (Lipinski definition) is 2. The molecule has 1 aromatic heterocycles. The van der Waals surface area contributed by atoms with E-state index in [4.69, 9.17) is 5.73 Å². The van der Waals surface area contributed by atoms with Crippen molar-refractivity contribution < 1.29 is 9.59 Å². The molecule has 3 amide bonds. The first kappa shape index (κ1) is 19.0. The summed E-state index contributed by atoms with van der Waals surface area (Å²) in [6.07, 6.45) is 3.38. The van der Waals surface area contributed by atoms with Crippen LogP contribution < -0.4 is 11.1 Å². The highest BCUT2D eigenvalue weighted by Crippen LogP contribution is 2.26. The molecule has 0 atom stereocenters. The van der Waals surface area contributed by atoms with Crippen molar-refractivity contribution in [3.63, 3.8) is 0 Å². The zero-order valence-electron chi connectivity index (χ0n) is 16.0. The van der Waals surface area contributed by atoms with Crippen molar-refractivity contribution in [3.8, 4) is 6.07 Å². The van der Waals surface area contributed by atoms with Crippen molar-refractivity contribution in [2.75, 3.05) is 0 Å². The van der Waals surface area contributed by atoms with Gasteiger partial charge in [0.1, 0.15) is 11.6 Å². The predicted octanol–water partition coefficient (Wildman–Crippen LogP) is 3.94. The number of nitrogens with one attached hydrogen (secondary N) is 1. The van der Waals surface area contributed by atoms with Gasteiger partial charge in [-0.3, -0.25) is 10.1 Å². The first-order valence-electron chi connectivity index (χ1n) is 9.34. The zero-order valence-corrected chi connectivity index (χ0v) is 16.0. The number of carbonyl (C=O) groups excluding carboxylic acids is 2. The van der Waals surface area contributed by atoms with Crippen LogP contribution in [-0.2, 0) is 11.3 Å². The number of primary amides is 1. The van der Waals surface area contributed by atoms with E-state index in [1.54, 1.807) is 0 Å². The van der Waals surface area contributed by atoms with Crippen LogP contribution >= 0.6 is 0 Å². The average molecular weight is 394 g/mol. The van der Waals surface area contributed by atoms with Crippen molar-refractivity contribution >= 4 is 39.7 Å². The molecule has 0 aliphatic heterocycles. The Morgan fingerprint density at radius 1 is 1.00 bits per heavy atom. The number of nitrogens with two attached hydrogens (primary N) is 1. The number of aromatic nitrogens is 1. The average Bonchev–Trinajstić information content (AvgIpc) is 3.09. The summed E-state index contributed by atoms with van der Waals surface area (Å²) in [5.41, 5.74) is 7.65. The number of amides is 3. The Morgan fingerprint density at radius 3 is 2.47 bits per heavy atom. The molecule has 3 aromatic carbocycles. The number of nitriles is 1. The van der Waals surface area contributed by atoms with Crippen LogP contribution in [0.1, 0.15) is 11.1 Å². The zero-order chi connectivity index (χ0) is 21.1. The lowest BCUT2D eigenvalue weighted by molar-refractivity contribution is -0.115. The van der Waals surface area contributed by atoms with Crippen LogP contribution in [0.5, 0.6) is 0 Å². The largest absolute Gasteiger partial charge is 0.351 e. The number of fused-ring (bicyclic) bond motifs is 2. The third kappa shape index (κ3) is 3.64. The number of imide groups is 1. The molecule has 6 heteroatoms. The lowest BCUT2D eigenvalue weighted by Gasteiger charge is -2.09. The first-order chi connectivity index (χ1) is 14.6. The highest BCUT2D eigenvalue weighted by molar-refractivity contribution is 6.09. The van der Waals surface area contributed by atoms with Crippen molar-refractivity contribution in [2.45, 2.75) is 6.54 Å². The standard InChI is InChI=1S/C24H18N4O2/c25-13-18(23(29)27-24(26)30)12-19-15-28(22-11-4-3-10-21(19)22)14-17-8-5-7-16-6-1-2-9-20(16)17/h1-12,15H,14H2,(H3,26,27,29,30)/b18-12-. The number of nitrogens with zero attached hydrogens (tertiary/aromatic N) is 2. The quantitative estimate of drug-likeness (QED) is 0.405. The van der Waals surface area contributed by atoms with Gasteiger partial charge < -0.3 is 10.3 Å². The van der Waals surface area contributed by atoms with Gasteiger partial charge in [-0.15, -0.1) is 0 Å². The third-order valence-electron chi connectivity index (χ3n) is 4.94. The van der Waals surface area contributed by atoms with Gasteiger partial charge in [-0.1, -0.05) is 60.7 Å². The SMILES string of the molecule is N#C/C(=C/c1cn(Cc2cccc3ccccc23)c2ccccc12)C(=O)NC(N)=O. The molecule has 0 aliphatic rings. The maximum Gasteiger partial charge on any atom is 0.319 e. The third-order valence-corrected chi connectivity index (χ3v) is 4.94. The summed E-state index contributed by atoms with van der Waals surface area (Å²) in [4.78, 5) is 23.0. The minimum Gasteiger partial charge on any atom is -0.351 e. The van der Waals surface area contributed by atoms with Crippen molar-refractivity contribution in [3.05, 3.63) is 89.6 Å². The molecule has 3 N–H and O–H groups in total. The Kier molecular flexibility index (Phi) is 5.02. The van der Waals surface area contributed by atoms with Crippen LogP contribution in [0.2, 0.25) is 0 Å². The number of carbonyl (C=O) groups is 2. The normalized spacial score (nSPS) is 11.4. The summed E-state index contributed by atoms with van der Waals surface area (Å²) in [5.74, 6) is -0.823. The minimum absolute atomic E-state index is 0.193. The maximum atomic E-state index is 12.1. The monoisotopic (exact) mass is 394 g/mol. The van der Waals surface area contributed by atoms with E-state index in [-0.39, 0.29) is 5.57 Å². The van der Waals surface area contributed by atoms with E-state index in [2.05, 4.69) is 28.8 Å². The molecule has 0 saturated heterocycles. The summed E-state index contributed by atoms with van der Waals surface area (Å²) < 4.78 is 2.09.